The van der Waals surface area contributed by atoms with E-state index in [-0.39, 0.29) is 5.54 Å². The molecule has 0 aliphatic rings. The van der Waals surface area contributed by atoms with Crippen molar-refractivity contribution in [1.82, 2.24) is 4.57 Å². The molecular weight excluding hydrogens is 150 g/mol. The normalized spacial score (nSPS) is 11.8. The molecular formula is C10H17NO. The van der Waals surface area contributed by atoms with Crippen molar-refractivity contribution in [2.45, 2.75) is 33.2 Å². The maximum atomic E-state index is 5.26. The molecule has 0 spiro atoms. The summed E-state index contributed by atoms with van der Waals surface area (Å²) in [6.45, 7) is 8.60. The van der Waals surface area contributed by atoms with Crippen LogP contribution in [-0.2, 0) is 5.54 Å². The van der Waals surface area contributed by atoms with E-state index in [4.69, 9.17) is 4.74 Å². The quantitative estimate of drug-likeness (QED) is 0.627. The summed E-state index contributed by atoms with van der Waals surface area (Å²) in [5, 5.41) is 0. The zero-order valence-corrected chi connectivity index (χ0v) is 8.51. The van der Waals surface area contributed by atoms with E-state index >= 15 is 0 Å². The maximum absolute atomic E-state index is 5.26. The monoisotopic (exact) mass is 167 g/mol. The minimum Gasteiger partial charge on any atom is -0.482 e. The molecule has 0 aliphatic carbocycles. The lowest BCUT2D eigenvalue weighted by molar-refractivity contribution is 0.304. The van der Waals surface area contributed by atoms with Gasteiger partial charge in [-0.25, -0.2) is 0 Å². The van der Waals surface area contributed by atoms with Gasteiger partial charge >= 0.3 is 0 Å². The Morgan fingerprint density at radius 3 is 2.17 bits per heavy atom. The molecule has 0 radical (unpaired) electrons. The zero-order valence-electron chi connectivity index (χ0n) is 8.51. The summed E-state index contributed by atoms with van der Waals surface area (Å²) in [5.74, 6) is 0.931. The van der Waals surface area contributed by atoms with E-state index in [2.05, 4.69) is 38.3 Å². The third kappa shape index (κ3) is 1.47. The lowest BCUT2D eigenvalue weighted by Crippen LogP contribution is -2.23. The highest BCUT2D eigenvalue weighted by Gasteiger charge is 2.18. The molecule has 1 aromatic heterocycles. The van der Waals surface area contributed by atoms with Crippen LogP contribution in [0.5, 0.6) is 5.88 Å². The van der Waals surface area contributed by atoms with Crippen molar-refractivity contribution in [2.24, 2.45) is 0 Å². The van der Waals surface area contributed by atoms with E-state index in [1.54, 1.807) is 7.11 Å². The molecule has 1 rings (SSSR count). The van der Waals surface area contributed by atoms with Gasteiger partial charge in [0.2, 0.25) is 0 Å². The number of hydrogen-bond donors (Lipinski definition) is 0. The van der Waals surface area contributed by atoms with E-state index < -0.39 is 0 Å². The van der Waals surface area contributed by atoms with Gasteiger partial charge in [-0.3, -0.25) is 0 Å². The Morgan fingerprint density at radius 1 is 1.25 bits per heavy atom. The van der Waals surface area contributed by atoms with Crippen LogP contribution in [0.4, 0.5) is 0 Å². The Morgan fingerprint density at radius 2 is 1.83 bits per heavy atom. The Kier molecular flexibility index (Phi) is 2.18. The molecule has 0 amide bonds. The van der Waals surface area contributed by atoms with Gasteiger partial charge in [0.15, 0.2) is 5.88 Å². The summed E-state index contributed by atoms with van der Waals surface area (Å²) in [6.07, 6.45) is 0. The number of rotatable bonds is 1. The highest BCUT2D eigenvalue weighted by molar-refractivity contribution is 5.22. The summed E-state index contributed by atoms with van der Waals surface area (Å²) < 4.78 is 7.44. The van der Waals surface area contributed by atoms with Crippen molar-refractivity contribution in [3.8, 4) is 5.88 Å². The Hall–Kier alpha value is -0.920. The standard InChI is InChI=1S/C10H17NO/c1-8-6-7-9(12-5)11(8)10(2,3)4/h6-7H,1-5H3. The number of ether oxygens (including phenoxy) is 1. The molecule has 12 heavy (non-hydrogen) atoms. The van der Waals surface area contributed by atoms with Crippen LogP contribution in [0.25, 0.3) is 0 Å². The van der Waals surface area contributed by atoms with Gasteiger partial charge in [0.05, 0.1) is 7.11 Å². The van der Waals surface area contributed by atoms with Gasteiger partial charge in [-0.1, -0.05) is 0 Å². The Labute approximate surface area is 74.2 Å². The molecule has 0 saturated heterocycles. The van der Waals surface area contributed by atoms with E-state index in [1.807, 2.05) is 6.07 Å². The summed E-state index contributed by atoms with van der Waals surface area (Å²) in [6, 6.07) is 4.07. The zero-order chi connectivity index (χ0) is 9.35. The first-order chi connectivity index (χ1) is 5.46. The van der Waals surface area contributed by atoms with E-state index in [0.717, 1.165) is 5.88 Å². The second kappa shape index (κ2) is 2.85. The van der Waals surface area contributed by atoms with Crippen LogP contribution >= 0.6 is 0 Å². The number of methoxy groups -OCH3 is 1. The fourth-order valence-corrected chi connectivity index (χ4v) is 1.53. The molecule has 0 N–H and O–H groups in total. The number of nitrogens with zero attached hydrogens (tertiary/aromatic N) is 1. The average molecular weight is 167 g/mol. The fraction of sp³-hybridized carbons (Fsp3) is 0.600. The second-order valence-electron chi connectivity index (χ2n) is 4.02. The van der Waals surface area contributed by atoms with Crippen molar-refractivity contribution in [2.75, 3.05) is 7.11 Å². The molecule has 0 aromatic carbocycles. The van der Waals surface area contributed by atoms with Gasteiger partial charge in [0, 0.05) is 17.3 Å². The second-order valence-corrected chi connectivity index (χ2v) is 4.02. The third-order valence-electron chi connectivity index (χ3n) is 1.92. The molecule has 0 saturated carbocycles. The summed E-state index contributed by atoms with van der Waals surface area (Å²) >= 11 is 0. The van der Waals surface area contributed by atoms with Gasteiger partial charge in [-0.15, -0.1) is 0 Å². The molecule has 0 fully saturated rings. The number of hydrogen-bond acceptors (Lipinski definition) is 1. The lowest BCUT2D eigenvalue weighted by atomic mass is 10.1. The van der Waals surface area contributed by atoms with E-state index in [9.17, 15) is 0 Å². The smallest absolute Gasteiger partial charge is 0.193 e. The van der Waals surface area contributed by atoms with Gasteiger partial charge in [0.25, 0.3) is 0 Å². The first-order valence-corrected chi connectivity index (χ1v) is 4.19. The van der Waals surface area contributed by atoms with Crippen LogP contribution in [0.2, 0.25) is 0 Å². The van der Waals surface area contributed by atoms with Crippen molar-refractivity contribution in [3.63, 3.8) is 0 Å². The SMILES string of the molecule is COc1ccc(C)n1C(C)(C)C. The predicted molar refractivity (Wildman–Crippen MR) is 50.7 cm³/mol. The summed E-state index contributed by atoms with van der Waals surface area (Å²) in [5.41, 5.74) is 1.33. The van der Waals surface area contributed by atoms with Crippen LogP contribution in [0.1, 0.15) is 26.5 Å². The molecule has 1 aromatic rings. The van der Waals surface area contributed by atoms with E-state index in [1.165, 1.54) is 5.69 Å². The van der Waals surface area contributed by atoms with Gasteiger partial charge in [-0.2, -0.15) is 0 Å². The molecule has 1 heterocycles. The molecule has 2 heteroatoms. The summed E-state index contributed by atoms with van der Waals surface area (Å²) in [4.78, 5) is 0. The van der Waals surface area contributed by atoms with Crippen molar-refractivity contribution >= 4 is 0 Å². The number of aromatic nitrogens is 1. The third-order valence-corrected chi connectivity index (χ3v) is 1.92. The lowest BCUT2D eigenvalue weighted by Gasteiger charge is -2.25. The van der Waals surface area contributed by atoms with Crippen LogP contribution in [-0.4, -0.2) is 11.7 Å². The van der Waals surface area contributed by atoms with E-state index in [0.29, 0.717) is 0 Å². The fourth-order valence-electron chi connectivity index (χ4n) is 1.53. The first kappa shape index (κ1) is 9.17. The van der Waals surface area contributed by atoms with Crippen molar-refractivity contribution < 1.29 is 4.74 Å². The highest BCUT2D eigenvalue weighted by Crippen LogP contribution is 2.25. The van der Waals surface area contributed by atoms with Gasteiger partial charge in [0.1, 0.15) is 0 Å². The predicted octanol–water partition coefficient (Wildman–Crippen LogP) is 2.56. The Balaban J connectivity index is 3.19. The minimum atomic E-state index is 0.0962. The largest absolute Gasteiger partial charge is 0.482 e. The van der Waals surface area contributed by atoms with Crippen LogP contribution in [0.3, 0.4) is 0 Å². The van der Waals surface area contributed by atoms with Crippen molar-refractivity contribution in [1.29, 1.82) is 0 Å². The number of aryl methyl sites for hydroxylation is 1. The van der Waals surface area contributed by atoms with Gasteiger partial charge in [-0.05, 0) is 33.8 Å². The average Bonchev–Trinajstić information content (AvgIpc) is 2.29. The molecule has 0 aliphatic heterocycles. The first-order valence-electron chi connectivity index (χ1n) is 4.19. The van der Waals surface area contributed by atoms with Crippen LogP contribution < -0.4 is 4.74 Å². The maximum Gasteiger partial charge on any atom is 0.193 e. The summed E-state index contributed by atoms with van der Waals surface area (Å²) in [7, 11) is 1.71. The molecule has 68 valence electrons. The molecule has 0 atom stereocenters. The minimum absolute atomic E-state index is 0.0962. The van der Waals surface area contributed by atoms with Crippen LogP contribution in [0, 0.1) is 6.92 Å². The molecule has 0 unspecified atom stereocenters. The topological polar surface area (TPSA) is 14.2 Å². The van der Waals surface area contributed by atoms with Crippen molar-refractivity contribution in [3.05, 3.63) is 17.8 Å². The highest BCUT2D eigenvalue weighted by atomic mass is 16.5. The Bertz CT molecular complexity index is 268. The molecule has 0 bridgehead atoms. The molecule has 2 nitrogen and oxygen atoms in total. The van der Waals surface area contributed by atoms with Crippen LogP contribution in [0.15, 0.2) is 12.1 Å². The van der Waals surface area contributed by atoms with Gasteiger partial charge < -0.3 is 9.30 Å².